The molecule has 1 unspecified atom stereocenters. The number of aliphatic imine (C=N–C) groups is 1. The molecular weight excluding hydrogens is 242 g/mol. The first-order valence-corrected chi connectivity index (χ1v) is 7.44. The monoisotopic (exact) mass is 269 g/mol. The molecule has 0 aromatic carbocycles. The van der Waals surface area contributed by atoms with E-state index in [0.717, 1.165) is 57.8 Å². The van der Waals surface area contributed by atoms with Crippen molar-refractivity contribution in [2.75, 3.05) is 26.2 Å². The van der Waals surface area contributed by atoms with Crippen LogP contribution >= 0.6 is 0 Å². The zero-order valence-electron chi connectivity index (χ0n) is 12.2. The highest BCUT2D eigenvalue weighted by molar-refractivity contribution is 5.79. The lowest BCUT2D eigenvalue weighted by atomic mass is 9.80. The molecule has 5 nitrogen and oxygen atoms in total. The molecule has 1 aliphatic carbocycles. The van der Waals surface area contributed by atoms with Crippen molar-refractivity contribution in [3.05, 3.63) is 0 Å². The number of guanidine groups is 1. The Morgan fingerprint density at radius 3 is 2.58 bits per heavy atom. The third-order valence-electron chi connectivity index (χ3n) is 4.09. The largest absolute Gasteiger partial charge is 0.388 e. The van der Waals surface area contributed by atoms with Crippen LogP contribution < -0.4 is 10.6 Å². The van der Waals surface area contributed by atoms with E-state index in [1.54, 1.807) is 0 Å². The van der Waals surface area contributed by atoms with Crippen LogP contribution in [-0.4, -0.2) is 48.5 Å². The van der Waals surface area contributed by atoms with Gasteiger partial charge in [-0.1, -0.05) is 0 Å². The van der Waals surface area contributed by atoms with E-state index < -0.39 is 5.60 Å². The highest BCUT2D eigenvalue weighted by Crippen LogP contribution is 2.31. The lowest BCUT2D eigenvalue weighted by molar-refractivity contribution is -0.0236. The molecule has 1 heterocycles. The lowest BCUT2D eigenvalue weighted by Crippen LogP contribution is -2.47. The summed E-state index contributed by atoms with van der Waals surface area (Å²) in [5.74, 6) is 0.777. The summed E-state index contributed by atoms with van der Waals surface area (Å²) in [6.07, 6.45) is 5.07. The van der Waals surface area contributed by atoms with Gasteiger partial charge < -0.3 is 20.5 Å². The molecule has 1 atom stereocenters. The van der Waals surface area contributed by atoms with Gasteiger partial charge in [-0.25, -0.2) is 0 Å². The number of nitrogens with one attached hydrogen (secondary N) is 2. The molecule has 5 heteroatoms. The molecule has 1 aliphatic heterocycles. The molecule has 110 valence electrons. The fourth-order valence-electron chi connectivity index (χ4n) is 2.56. The Labute approximate surface area is 115 Å². The van der Waals surface area contributed by atoms with Crippen molar-refractivity contribution in [3.8, 4) is 0 Å². The van der Waals surface area contributed by atoms with Crippen LogP contribution in [-0.2, 0) is 4.74 Å². The first kappa shape index (κ1) is 14.6. The topological polar surface area (TPSA) is 65.9 Å². The number of hydrogen-bond donors (Lipinski definition) is 3. The van der Waals surface area contributed by atoms with E-state index in [-0.39, 0.29) is 5.60 Å². The summed E-state index contributed by atoms with van der Waals surface area (Å²) >= 11 is 0. The van der Waals surface area contributed by atoms with Crippen molar-refractivity contribution in [2.45, 2.75) is 57.2 Å². The van der Waals surface area contributed by atoms with Crippen molar-refractivity contribution in [1.29, 1.82) is 0 Å². The van der Waals surface area contributed by atoms with Crippen LogP contribution in [0, 0.1) is 0 Å². The zero-order chi connectivity index (χ0) is 13.8. The summed E-state index contributed by atoms with van der Waals surface area (Å²) < 4.78 is 5.75. The number of aliphatic hydroxyl groups is 1. The molecule has 0 radical (unpaired) electrons. The molecule has 3 N–H and O–H groups in total. The van der Waals surface area contributed by atoms with E-state index in [9.17, 15) is 5.11 Å². The predicted octanol–water partition coefficient (Wildman–Crippen LogP) is 1.03. The van der Waals surface area contributed by atoms with Crippen LogP contribution in [0.3, 0.4) is 0 Å². The summed E-state index contributed by atoms with van der Waals surface area (Å²) in [4.78, 5) is 4.49. The van der Waals surface area contributed by atoms with Gasteiger partial charge in [0, 0.05) is 19.7 Å². The maximum Gasteiger partial charge on any atom is 0.191 e. The van der Waals surface area contributed by atoms with Gasteiger partial charge in [-0.05, 0) is 46.0 Å². The molecule has 0 spiro atoms. The van der Waals surface area contributed by atoms with Crippen LogP contribution in [0.15, 0.2) is 4.99 Å². The Hall–Kier alpha value is -0.810. The SMILES string of the molecule is CCNC(=NCC1(O)CCC1)NCC1(C)CCCO1. The second-order valence-electron chi connectivity index (χ2n) is 6.03. The van der Waals surface area contributed by atoms with E-state index >= 15 is 0 Å². The van der Waals surface area contributed by atoms with Crippen molar-refractivity contribution in [2.24, 2.45) is 4.99 Å². The molecule has 2 rings (SSSR count). The molecule has 1 saturated carbocycles. The van der Waals surface area contributed by atoms with E-state index in [1.165, 1.54) is 0 Å². The summed E-state index contributed by atoms with van der Waals surface area (Å²) in [5.41, 5.74) is -0.639. The lowest BCUT2D eigenvalue weighted by Gasteiger charge is -2.35. The maximum atomic E-state index is 10.1. The van der Waals surface area contributed by atoms with Gasteiger partial charge in [0.25, 0.3) is 0 Å². The Kier molecular flexibility index (Phi) is 4.68. The molecular formula is C14H27N3O2. The fourth-order valence-corrected chi connectivity index (χ4v) is 2.56. The molecule has 1 saturated heterocycles. The van der Waals surface area contributed by atoms with Crippen LogP contribution in [0.1, 0.15) is 46.0 Å². The van der Waals surface area contributed by atoms with Gasteiger partial charge in [-0.3, -0.25) is 4.99 Å². The Bertz CT molecular complexity index is 321. The Morgan fingerprint density at radius 1 is 1.26 bits per heavy atom. The third-order valence-corrected chi connectivity index (χ3v) is 4.09. The highest BCUT2D eigenvalue weighted by atomic mass is 16.5. The first-order chi connectivity index (χ1) is 9.05. The highest BCUT2D eigenvalue weighted by Gasteiger charge is 2.34. The van der Waals surface area contributed by atoms with E-state index in [0.29, 0.717) is 6.54 Å². The molecule has 0 bridgehead atoms. The van der Waals surface area contributed by atoms with E-state index in [4.69, 9.17) is 4.74 Å². The van der Waals surface area contributed by atoms with Crippen molar-refractivity contribution in [1.82, 2.24) is 10.6 Å². The number of nitrogens with zero attached hydrogens (tertiary/aromatic N) is 1. The second kappa shape index (κ2) is 6.09. The number of hydrogen-bond acceptors (Lipinski definition) is 3. The minimum absolute atomic E-state index is 0.0798. The molecule has 0 amide bonds. The summed E-state index contributed by atoms with van der Waals surface area (Å²) in [5, 5.41) is 16.6. The minimum Gasteiger partial charge on any atom is -0.388 e. The second-order valence-corrected chi connectivity index (χ2v) is 6.03. The standard InChI is InChI=1S/C14H27N3O2/c1-3-15-12(17-11-14(18)7-4-8-14)16-10-13(2)6-5-9-19-13/h18H,3-11H2,1-2H3,(H2,15,16,17). The maximum absolute atomic E-state index is 10.1. The van der Waals surface area contributed by atoms with Gasteiger partial charge >= 0.3 is 0 Å². The number of rotatable bonds is 5. The molecule has 0 aromatic rings. The smallest absolute Gasteiger partial charge is 0.191 e. The van der Waals surface area contributed by atoms with Crippen LogP contribution in [0.5, 0.6) is 0 Å². The Balaban J connectivity index is 1.82. The summed E-state index contributed by atoms with van der Waals surface area (Å²) in [7, 11) is 0. The van der Waals surface area contributed by atoms with Gasteiger partial charge in [-0.15, -0.1) is 0 Å². The quantitative estimate of drug-likeness (QED) is 0.515. The zero-order valence-corrected chi connectivity index (χ0v) is 12.2. The normalized spacial score (nSPS) is 29.9. The Morgan fingerprint density at radius 2 is 2.05 bits per heavy atom. The van der Waals surface area contributed by atoms with Crippen molar-refractivity contribution < 1.29 is 9.84 Å². The van der Waals surface area contributed by atoms with Gasteiger partial charge in [0.15, 0.2) is 5.96 Å². The van der Waals surface area contributed by atoms with Gasteiger partial charge in [0.05, 0.1) is 17.7 Å². The fraction of sp³-hybridized carbons (Fsp3) is 0.929. The third kappa shape index (κ3) is 4.08. The average Bonchev–Trinajstić information content (AvgIpc) is 2.78. The van der Waals surface area contributed by atoms with E-state index in [2.05, 4.69) is 22.5 Å². The van der Waals surface area contributed by atoms with Gasteiger partial charge in [0.2, 0.25) is 0 Å². The average molecular weight is 269 g/mol. The van der Waals surface area contributed by atoms with Crippen LogP contribution in [0.2, 0.25) is 0 Å². The van der Waals surface area contributed by atoms with Crippen molar-refractivity contribution in [3.63, 3.8) is 0 Å². The minimum atomic E-state index is -0.559. The predicted molar refractivity (Wildman–Crippen MR) is 76.4 cm³/mol. The van der Waals surface area contributed by atoms with Crippen LogP contribution in [0.4, 0.5) is 0 Å². The van der Waals surface area contributed by atoms with Crippen molar-refractivity contribution >= 4 is 5.96 Å². The van der Waals surface area contributed by atoms with Crippen LogP contribution in [0.25, 0.3) is 0 Å². The van der Waals surface area contributed by atoms with Gasteiger partial charge in [0.1, 0.15) is 0 Å². The first-order valence-electron chi connectivity index (χ1n) is 7.44. The molecule has 19 heavy (non-hydrogen) atoms. The summed E-state index contributed by atoms with van der Waals surface area (Å²) in [6, 6.07) is 0. The van der Waals surface area contributed by atoms with E-state index in [1.807, 2.05) is 6.92 Å². The van der Waals surface area contributed by atoms with Gasteiger partial charge in [-0.2, -0.15) is 0 Å². The molecule has 0 aromatic heterocycles. The summed E-state index contributed by atoms with van der Waals surface area (Å²) in [6.45, 7) is 7.10. The molecule has 2 fully saturated rings. The number of ether oxygens (including phenoxy) is 1. The molecule has 2 aliphatic rings.